The van der Waals surface area contributed by atoms with Crippen LogP contribution in [-0.2, 0) is 21.8 Å². The Morgan fingerprint density at radius 2 is 1.06 bits per heavy atom. The van der Waals surface area contributed by atoms with Gasteiger partial charge in [0, 0.05) is 39.1 Å². The third-order valence-electron chi connectivity index (χ3n) is 13.4. The maximum Gasteiger partial charge on any atom is 0.252 e. The second kappa shape index (κ2) is 8.81. The van der Waals surface area contributed by atoms with Crippen molar-refractivity contribution < 1.29 is 0 Å². The molecule has 0 saturated heterocycles. The molecule has 2 unspecified atom stereocenters. The number of benzene rings is 5. The third kappa shape index (κ3) is 3.20. The summed E-state index contributed by atoms with van der Waals surface area (Å²) >= 11 is 0. The Bertz CT molecular complexity index is 2120. The second-order valence-corrected chi connectivity index (χ2v) is 16.9. The van der Waals surface area contributed by atoms with Gasteiger partial charge in [-0.2, -0.15) is 0 Å². The number of anilines is 4. The second-order valence-electron chi connectivity index (χ2n) is 16.9. The van der Waals surface area contributed by atoms with Gasteiger partial charge in [0.25, 0.3) is 6.71 Å². The van der Waals surface area contributed by atoms with Crippen molar-refractivity contribution in [3.05, 3.63) is 137 Å². The molecule has 0 fully saturated rings. The topological polar surface area (TPSA) is 6.48 Å². The minimum Gasteiger partial charge on any atom is -0.336 e. The Kier molecular flexibility index (Phi) is 5.42. The average molecular weight is 613 g/mol. The summed E-state index contributed by atoms with van der Waals surface area (Å²) in [6.45, 7) is 22.1. The molecular weight excluding hydrogens is 567 g/mol. The summed E-state index contributed by atoms with van der Waals surface area (Å²) in [5.41, 5.74) is 16.0. The predicted octanol–water partition coefficient (Wildman–Crippen LogP) is 8.71. The molecule has 5 aromatic rings. The minimum atomic E-state index is -0.398. The van der Waals surface area contributed by atoms with Gasteiger partial charge in [0.15, 0.2) is 0 Å². The molecule has 5 aromatic carbocycles. The van der Waals surface area contributed by atoms with Crippen molar-refractivity contribution in [2.75, 3.05) is 9.80 Å². The van der Waals surface area contributed by atoms with E-state index in [1.807, 2.05) is 0 Å². The van der Waals surface area contributed by atoms with E-state index in [0.29, 0.717) is 0 Å². The van der Waals surface area contributed by atoms with Crippen LogP contribution in [0.4, 0.5) is 22.7 Å². The fourth-order valence-corrected chi connectivity index (χ4v) is 9.97. The number of nitrogens with zero attached hydrogens (tertiary/aromatic N) is 2. The highest BCUT2D eigenvalue weighted by atomic mass is 15.3. The molecule has 0 N–H and O–H groups in total. The van der Waals surface area contributed by atoms with E-state index < -0.39 is 5.54 Å². The first-order valence-electron chi connectivity index (χ1n) is 17.4. The van der Waals surface area contributed by atoms with E-state index in [-0.39, 0.29) is 28.5 Å². The minimum absolute atomic E-state index is 0.0222. The van der Waals surface area contributed by atoms with Crippen LogP contribution in [0.3, 0.4) is 0 Å². The molecule has 0 radical (unpaired) electrons. The summed E-state index contributed by atoms with van der Waals surface area (Å²) in [5, 5.41) is 0. The maximum absolute atomic E-state index is 2.79. The Hall–Kier alpha value is -4.24. The zero-order chi connectivity index (χ0) is 32.9. The van der Waals surface area contributed by atoms with Crippen LogP contribution in [0.25, 0.3) is 0 Å². The summed E-state index contributed by atoms with van der Waals surface area (Å²) in [6, 6.07) is 42.0. The number of fused-ring (bicyclic) bond motifs is 4. The van der Waals surface area contributed by atoms with Gasteiger partial charge in [-0.3, -0.25) is 0 Å². The van der Waals surface area contributed by atoms with Crippen LogP contribution < -0.4 is 26.2 Å². The lowest BCUT2D eigenvalue weighted by atomic mass is 9.33. The lowest BCUT2D eigenvalue weighted by molar-refractivity contribution is 0.330. The molecule has 2 atom stereocenters. The molecule has 2 nitrogen and oxygen atoms in total. The highest BCUT2D eigenvalue weighted by Gasteiger charge is 2.64. The van der Waals surface area contributed by atoms with Crippen LogP contribution in [0.15, 0.2) is 109 Å². The lowest BCUT2D eigenvalue weighted by Gasteiger charge is -2.52. The average Bonchev–Trinajstić information content (AvgIpc) is 3.37. The SMILES string of the molecule is CC(C)(C)c1cc2c3c(c1)N1c4c(cccc4C(C)(c4ccccc4)C1(C)c1ccccc1)B3c1cccc3c1N2C(C)(C)C3(C)C. The van der Waals surface area contributed by atoms with E-state index in [0.717, 1.165) is 0 Å². The van der Waals surface area contributed by atoms with Gasteiger partial charge >= 0.3 is 0 Å². The molecule has 0 aromatic heterocycles. The van der Waals surface area contributed by atoms with E-state index in [1.54, 1.807) is 0 Å². The van der Waals surface area contributed by atoms with Gasteiger partial charge in [0.1, 0.15) is 0 Å². The smallest absolute Gasteiger partial charge is 0.252 e. The fourth-order valence-electron chi connectivity index (χ4n) is 9.97. The molecule has 4 aliphatic rings. The van der Waals surface area contributed by atoms with Gasteiger partial charge in [-0.1, -0.05) is 132 Å². The zero-order valence-corrected chi connectivity index (χ0v) is 29.4. The summed E-state index contributed by atoms with van der Waals surface area (Å²) in [6.07, 6.45) is 0. The summed E-state index contributed by atoms with van der Waals surface area (Å²) < 4.78 is 0. The van der Waals surface area contributed by atoms with E-state index in [1.165, 1.54) is 67.0 Å². The Morgan fingerprint density at radius 1 is 0.553 bits per heavy atom. The fraction of sp³-hybridized carbons (Fsp3) is 0.318. The molecular formula is C44H45BN2. The molecule has 0 amide bonds. The first-order chi connectivity index (χ1) is 22.3. The number of hydrogen-bond donors (Lipinski definition) is 0. The first kappa shape index (κ1) is 28.9. The monoisotopic (exact) mass is 612 g/mol. The van der Waals surface area contributed by atoms with Crippen molar-refractivity contribution in [3.63, 3.8) is 0 Å². The lowest BCUT2D eigenvalue weighted by Crippen LogP contribution is -2.65. The van der Waals surface area contributed by atoms with Crippen molar-refractivity contribution in [1.29, 1.82) is 0 Å². The number of para-hydroxylation sites is 2. The highest BCUT2D eigenvalue weighted by Crippen LogP contribution is 2.64. The van der Waals surface area contributed by atoms with Crippen LogP contribution in [0, 0.1) is 0 Å². The molecule has 234 valence electrons. The molecule has 9 rings (SSSR count). The summed E-state index contributed by atoms with van der Waals surface area (Å²) in [4.78, 5) is 5.52. The maximum atomic E-state index is 2.79. The Labute approximate surface area is 281 Å². The van der Waals surface area contributed by atoms with Gasteiger partial charge in [-0.05, 0) is 89.4 Å². The Morgan fingerprint density at radius 3 is 1.64 bits per heavy atom. The van der Waals surface area contributed by atoms with Crippen LogP contribution in [0.2, 0.25) is 0 Å². The predicted molar refractivity (Wildman–Crippen MR) is 201 cm³/mol. The molecule has 0 saturated carbocycles. The largest absolute Gasteiger partial charge is 0.336 e. The van der Waals surface area contributed by atoms with E-state index in [9.17, 15) is 0 Å². The van der Waals surface area contributed by atoms with Gasteiger partial charge in [0.2, 0.25) is 0 Å². The molecule has 47 heavy (non-hydrogen) atoms. The van der Waals surface area contributed by atoms with Crippen LogP contribution in [-0.4, -0.2) is 12.3 Å². The van der Waals surface area contributed by atoms with Crippen LogP contribution in [0.1, 0.15) is 90.1 Å². The van der Waals surface area contributed by atoms with Crippen molar-refractivity contribution in [1.82, 2.24) is 0 Å². The van der Waals surface area contributed by atoms with Crippen molar-refractivity contribution in [2.24, 2.45) is 0 Å². The third-order valence-corrected chi connectivity index (χ3v) is 13.4. The molecule has 0 aliphatic carbocycles. The molecule has 4 aliphatic heterocycles. The van der Waals surface area contributed by atoms with Crippen molar-refractivity contribution >= 4 is 45.9 Å². The van der Waals surface area contributed by atoms with Gasteiger partial charge in [0.05, 0.1) is 5.54 Å². The number of hydrogen-bond acceptors (Lipinski definition) is 2. The van der Waals surface area contributed by atoms with Crippen molar-refractivity contribution in [3.8, 4) is 0 Å². The summed E-state index contributed by atoms with van der Waals surface area (Å²) in [5.74, 6) is 0. The highest BCUT2D eigenvalue weighted by molar-refractivity contribution is 7.00. The molecule has 3 heteroatoms. The Balaban J connectivity index is 1.48. The first-order valence-corrected chi connectivity index (χ1v) is 17.4. The molecule has 0 bridgehead atoms. The molecule has 0 spiro atoms. The van der Waals surface area contributed by atoms with Gasteiger partial charge in [-0.15, -0.1) is 0 Å². The zero-order valence-electron chi connectivity index (χ0n) is 29.4. The summed E-state index contributed by atoms with van der Waals surface area (Å²) in [7, 11) is 0. The number of rotatable bonds is 2. The quantitative estimate of drug-likeness (QED) is 0.184. The van der Waals surface area contributed by atoms with Gasteiger partial charge < -0.3 is 9.80 Å². The van der Waals surface area contributed by atoms with Gasteiger partial charge in [-0.25, -0.2) is 0 Å². The van der Waals surface area contributed by atoms with E-state index in [2.05, 4.69) is 181 Å². The van der Waals surface area contributed by atoms with Crippen LogP contribution >= 0.6 is 0 Å². The van der Waals surface area contributed by atoms with E-state index in [4.69, 9.17) is 0 Å². The van der Waals surface area contributed by atoms with Crippen molar-refractivity contribution in [2.45, 2.75) is 89.6 Å². The van der Waals surface area contributed by atoms with E-state index >= 15 is 0 Å². The molecule has 4 heterocycles. The standard InChI is InChI=1S/C44H45BN2/c1-40(2,3)30-26-35-37-36(27-30)47-39-32(43(8,28-18-12-10-13-19-28)44(47,9)29-20-14-11-15-21-29)23-17-25-34(39)45(37)33-24-16-22-31-38(33)46(35)42(6,7)41(31,4)5/h10-27H,1-9H3. The van der Waals surface area contributed by atoms with Crippen LogP contribution in [0.5, 0.6) is 0 Å². The normalized spacial score (nSPS) is 23.8.